The van der Waals surface area contributed by atoms with Gasteiger partial charge in [0.15, 0.2) is 11.6 Å². The van der Waals surface area contributed by atoms with Crippen molar-refractivity contribution in [3.05, 3.63) is 30.1 Å². The van der Waals surface area contributed by atoms with E-state index in [0.29, 0.717) is 19.5 Å². The van der Waals surface area contributed by atoms with Gasteiger partial charge >= 0.3 is 0 Å². The third-order valence-corrected chi connectivity index (χ3v) is 5.91. The first-order chi connectivity index (χ1) is 12.8. The summed E-state index contributed by atoms with van der Waals surface area (Å²) in [5.41, 5.74) is 0. The molecule has 0 radical (unpaired) electrons. The summed E-state index contributed by atoms with van der Waals surface area (Å²) in [5.74, 6) is -0.702. The third kappa shape index (κ3) is 7.08. The van der Waals surface area contributed by atoms with Gasteiger partial charge in [-0.15, -0.1) is 0 Å². The van der Waals surface area contributed by atoms with E-state index < -0.39 is 15.8 Å². The van der Waals surface area contributed by atoms with Gasteiger partial charge in [-0.3, -0.25) is 4.79 Å². The van der Waals surface area contributed by atoms with Crippen molar-refractivity contribution in [3.8, 4) is 5.75 Å². The Morgan fingerprint density at radius 1 is 1.30 bits per heavy atom. The molecule has 0 saturated carbocycles. The summed E-state index contributed by atoms with van der Waals surface area (Å²) < 4.78 is 50.4. The van der Waals surface area contributed by atoms with Gasteiger partial charge in [0.25, 0.3) is 0 Å². The summed E-state index contributed by atoms with van der Waals surface area (Å²) >= 11 is 0. The molecule has 1 fully saturated rings. The topological polar surface area (TPSA) is 84.9 Å². The van der Waals surface area contributed by atoms with Crippen LogP contribution in [0.5, 0.6) is 5.75 Å². The Balaban J connectivity index is 1.64. The lowest BCUT2D eigenvalue weighted by molar-refractivity contribution is -0.121. The first-order valence-corrected chi connectivity index (χ1v) is 10.7. The fraction of sp³-hybridized carbons (Fsp3) is 0.611. The highest BCUT2D eigenvalue weighted by Gasteiger charge is 2.30. The van der Waals surface area contributed by atoms with Gasteiger partial charge in [0.2, 0.25) is 15.9 Å². The maximum atomic E-state index is 13.4. The number of rotatable bonds is 9. The predicted molar refractivity (Wildman–Crippen MR) is 99.5 cm³/mol. The Bertz CT molecular complexity index is 718. The number of benzene rings is 1. The molecule has 0 bridgehead atoms. The second-order valence-electron chi connectivity index (χ2n) is 6.62. The van der Waals surface area contributed by atoms with E-state index in [2.05, 4.69) is 5.32 Å². The number of hydrogen-bond acceptors (Lipinski definition) is 5. The Morgan fingerprint density at radius 3 is 2.63 bits per heavy atom. The number of carbonyl (C=O) groups is 1. The second kappa shape index (κ2) is 10.0. The van der Waals surface area contributed by atoms with Crippen LogP contribution in [0.25, 0.3) is 0 Å². The lowest BCUT2D eigenvalue weighted by atomic mass is 10.3. The zero-order valence-electron chi connectivity index (χ0n) is 15.7. The largest absolute Gasteiger partial charge is 0.491 e. The molecule has 9 heteroatoms. The van der Waals surface area contributed by atoms with Crippen LogP contribution in [-0.2, 0) is 19.6 Å². The van der Waals surface area contributed by atoms with Crippen molar-refractivity contribution in [1.29, 1.82) is 0 Å². The number of amides is 1. The van der Waals surface area contributed by atoms with Crippen LogP contribution in [0.3, 0.4) is 0 Å². The average molecular weight is 402 g/mol. The first-order valence-electron chi connectivity index (χ1n) is 9.05. The van der Waals surface area contributed by atoms with E-state index in [1.54, 1.807) is 12.1 Å². The summed E-state index contributed by atoms with van der Waals surface area (Å²) in [7, 11) is -3.44. The molecule has 7 nitrogen and oxygen atoms in total. The molecular formula is C18H27FN2O5S. The van der Waals surface area contributed by atoms with Crippen LogP contribution >= 0.6 is 0 Å². The highest BCUT2D eigenvalue weighted by Crippen LogP contribution is 2.16. The second-order valence-corrected chi connectivity index (χ2v) is 8.71. The molecule has 0 spiro atoms. The fourth-order valence-corrected chi connectivity index (χ4v) is 4.36. The van der Waals surface area contributed by atoms with E-state index in [4.69, 9.17) is 9.47 Å². The molecule has 1 saturated heterocycles. The van der Waals surface area contributed by atoms with Crippen LogP contribution < -0.4 is 10.1 Å². The number of para-hydroxylation sites is 1. The highest BCUT2D eigenvalue weighted by atomic mass is 32.2. The normalized spacial score (nSPS) is 21.0. The molecule has 1 aromatic carbocycles. The van der Waals surface area contributed by atoms with Gasteiger partial charge in [-0.1, -0.05) is 12.1 Å². The lowest BCUT2D eigenvalue weighted by Gasteiger charge is -2.34. The number of hydrogen-bond donors (Lipinski definition) is 1. The Kier molecular flexibility index (Phi) is 8.00. The van der Waals surface area contributed by atoms with Gasteiger partial charge in [0.05, 0.1) is 24.6 Å². The maximum Gasteiger partial charge on any atom is 0.220 e. The molecule has 0 aliphatic carbocycles. The molecule has 1 heterocycles. The minimum Gasteiger partial charge on any atom is -0.491 e. The van der Waals surface area contributed by atoms with Crippen molar-refractivity contribution in [1.82, 2.24) is 9.62 Å². The number of halogens is 1. The van der Waals surface area contributed by atoms with Crippen molar-refractivity contribution < 1.29 is 27.1 Å². The van der Waals surface area contributed by atoms with Gasteiger partial charge < -0.3 is 14.8 Å². The van der Waals surface area contributed by atoms with Crippen LogP contribution in [0.1, 0.15) is 26.7 Å². The first kappa shape index (κ1) is 21.6. The molecule has 1 aliphatic rings. The van der Waals surface area contributed by atoms with Gasteiger partial charge in [-0.2, -0.15) is 4.31 Å². The van der Waals surface area contributed by atoms with Crippen molar-refractivity contribution >= 4 is 15.9 Å². The quantitative estimate of drug-likeness (QED) is 0.634. The van der Waals surface area contributed by atoms with E-state index in [0.717, 1.165) is 0 Å². The number of nitrogens with zero attached hydrogens (tertiary/aromatic N) is 1. The van der Waals surface area contributed by atoms with Gasteiger partial charge in [-0.25, -0.2) is 12.8 Å². The smallest absolute Gasteiger partial charge is 0.220 e. The monoisotopic (exact) mass is 402 g/mol. The molecular weight excluding hydrogens is 375 g/mol. The van der Waals surface area contributed by atoms with Crippen molar-refractivity contribution in [2.45, 2.75) is 38.9 Å². The highest BCUT2D eigenvalue weighted by molar-refractivity contribution is 7.89. The molecule has 152 valence electrons. The van der Waals surface area contributed by atoms with Crippen molar-refractivity contribution in [2.24, 2.45) is 0 Å². The fourth-order valence-electron chi connectivity index (χ4n) is 2.87. The molecule has 2 atom stereocenters. The van der Waals surface area contributed by atoms with Gasteiger partial charge in [-0.05, 0) is 32.4 Å². The molecule has 1 aromatic rings. The minimum atomic E-state index is -3.44. The molecule has 2 unspecified atom stereocenters. The zero-order valence-corrected chi connectivity index (χ0v) is 16.5. The Labute approximate surface area is 159 Å². The summed E-state index contributed by atoms with van der Waals surface area (Å²) in [6, 6.07) is 6.06. The van der Waals surface area contributed by atoms with Crippen LogP contribution in [0.2, 0.25) is 0 Å². The van der Waals surface area contributed by atoms with Crippen LogP contribution in [-0.4, -0.2) is 62.8 Å². The maximum absolute atomic E-state index is 13.4. The number of nitrogens with one attached hydrogen (secondary N) is 1. The van der Waals surface area contributed by atoms with Crippen LogP contribution in [0.4, 0.5) is 4.39 Å². The molecule has 1 amide bonds. The lowest BCUT2D eigenvalue weighted by Crippen LogP contribution is -2.49. The van der Waals surface area contributed by atoms with E-state index in [1.165, 1.54) is 16.4 Å². The summed E-state index contributed by atoms with van der Waals surface area (Å²) in [5, 5.41) is 2.60. The van der Waals surface area contributed by atoms with E-state index in [-0.39, 0.29) is 49.2 Å². The van der Waals surface area contributed by atoms with Crippen LogP contribution in [0.15, 0.2) is 24.3 Å². The van der Waals surface area contributed by atoms with Gasteiger partial charge in [0.1, 0.15) is 0 Å². The Morgan fingerprint density at radius 2 is 1.96 bits per heavy atom. The summed E-state index contributed by atoms with van der Waals surface area (Å²) in [6.07, 6.45) is 0.297. The number of morpholine rings is 1. The molecule has 27 heavy (non-hydrogen) atoms. The number of ether oxygens (including phenoxy) is 2. The van der Waals surface area contributed by atoms with E-state index >= 15 is 0 Å². The molecule has 2 rings (SSSR count). The average Bonchev–Trinajstić information content (AvgIpc) is 2.59. The van der Waals surface area contributed by atoms with Gasteiger partial charge in [0, 0.05) is 26.1 Å². The van der Waals surface area contributed by atoms with Crippen LogP contribution in [0, 0.1) is 5.82 Å². The Hall–Kier alpha value is -1.71. The molecule has 1 aliphatic heterocycles. The van der Waals surface area contributed by atoms with E-state index in [9.17, 15) is 17.6 Å². The predicted octanol–water partition coefficient (Wildman–Crippen LogP) is 1.54. The van der Waals surface area contributed by atoms with E-state index in [1.807, 2.05) is 13.8 Å². The third-order valence-electron chi connectivity index (χ3n) is 4.10. The number of sulfonamides is 1. The van der Waals surface area contributed by atoms with Crippen molar-refractivity contribution in [3.63, 3.8) is 0 Å². The minimum absolute atomic E-state index is 0.0510. The standard InChI is InChI=1S/C18H27FN2O5S/c1-14-12-21(13-15(2)26-14)27(23,24)11-9-20-18(22)8-5-10-25-17-7-4-3-6-16(17)19/h3-4,6-7,14-15H,5,8-13H2,1-2H3,(H,20,22). The zero-order chi connectivity index (χ0) is 19.9. The van der Waals surface area contributed by atoms with Crippen molar-refractivity contribution in [2.75, 3.05) is 32.0 Å². The molecule has 1 N–H and O–H groups in total. The molecule has 0 aromatic heterocycles. The number of carbonyl (C=O) groups excluding carboxylic acids is 1. The summed E-state index contributed by atoms with van der Waals surface area (Å²) in [4.78, 5) is 11.8. The SMILES string of the molecule is CC1CN(S(=O)(=O)CCNC(=O)CCCOc2ccccc2F)CC(C)O1. The summed E-state index contributed by atoms with van der Waals surface area (Å²) in [6.45, 7) is 4.58.